The monoisotopic (exact) mass is 1130 g/mol. The maximum atomic E-state index is 13.7. The summed E-state index contributed by atoms with van der Waals surface area (Å²) in [5, 5.41) is 3.00. The molecule has 6 aromatic rings. The smallest absolute Gasteiger partial charge is 0.312 e. The van der Waals surface area contributed by atoms with E-state index in [2.05, 4.69) is 160 Å². The van der Waals surface area contributed by atoms with Gasteiger partial charge in [-0.05, 0) is 58.2 Å². The van der Waals surface area contributed by atoms with Crippen molar-refractivity contribution in [1.82, 2.24) is 39.1 Å². The van der Waals surface area contributed by atoms with E-state index in [1.807, 2.05) is 97.1 Å². The van der Waals surface area contributed by atoms with E-state index in [-0.39, 0.29) is 22.2 Å². The molecule has 2 saturated heterocycles. The first kappa shape index (κ1) is 62.1. The molecule has 0 radical (unpaired) electrons. The topological polar surface area (TPSA) is 144 Å². The fourth-order valence-electron chi connectivity index (χ4n) is 9.96. The van der Waals surface area contributed by atoms with Crippen molar-refractivity contribution < 1.29 is 28.0 Å². The predicted octanol–water partition coefficient (Wildman–Crippen LogP) is 12.4. The lowest BCUT2D eigenvalue weighted by Crippen LogP contribution is -2.62. The molecule has 434 valence electrons. The lowest BCUT2D eigenvalue weighted by molar-refractivity contribution is -0.162. The summed E-state index contributed by atoms with van der Waals surface area (Å²) in [5.41, 5.74) is 5.18. The van der Waals surface area contributed by atoms with E-state index in [1.165, 1.54) is 0 Å². The number of hydrogen-bond donors (Lipinski definition) is 1. The Kier molecular flexibility index (Phi) is 18.8. The molecule has 4 aromatic carbocycles. The van der Waals surface area contributed by atoms with Crippen LogP contribution in [-0.4, -0.2) is 120 Å². The van der Waals surface area contributed by atoms with Crippen molar-refractivity contribution in [3.63, 3.8) is 0 Å². The fraction of sp³-hybridized carbons (Fsp3) is 0.477. The molecule has 0 saturated carbocycles. The largest absolute Gasteiger partial charge is 0.415 e. The normalized spacial score (nSPS) is 17.7. The molecule has 8 rings (SSSR count). The molecule has 4 atom stereocenters. The molecule has 2 aromatic heterocycles. The predicted molar refractivity (Wildman–Crippen MR) is 329 cm³/mol. The minimum absolute atomic E-state index is 0.0454. The summed E-state index contributed by atoms with van der Waals surface area (Å²) in [5.74, 6) is -0.574. The molecule has 14 nitrogen and oxygen atoms in total. The highest BCUT2D eigenvalue weighted by Crippen LogP contribution is 2.43. The number of carbonyl (C=O) groups excluding carboxylic acids is 4. The lowest BCUT2D eigenvalue weighted by atomic mass is 9.84. The Labute approximate surface area is 484 Å². The zero-order valence-electron chi connectivity index (χ0n) is 51.3. The lowest BCUT2D eigenvalue weighted by Gasteiger charge is -2.46. The van der Waals surface area contributed by atoms with Gasteiger partial charge in [-0.2, -0.15) is 0 Å². The van der Waals surface area contributed by atoms with Crippen LogP contribution in [0.25, 0.3) is 22.5 Å². The molecular weight excluding hydrogens is 1040 g/mol. The number of rotatable bonds is 16. The Morgan fingerprint density at radius 3 is 1.27 bits per heavy atom. The SMILES string of the molecule is CC(C)(C)[C@H](c1nc(-c2ccccc2)cn1Cc1ccccc1)N1C[C@@H](CO[Si](C)(C)C(C)(C)C)NC(=O)C1=O.CN1C(=O)C(=O)N([C@@H](c2nc(-c3ccccc3)cn2Cc2ccccc2)C(C)(C)C)C[C@H]1CO[Si](C)(C)C(C)(C)C. The summed E-state index contributed by atoms with van der Waals surface area (Å²) >= 11 is 0. The van der Waals surface area contributed by atoms with Crippen LogP contribution in [0.3, 0.4) is 0 Å². The highest BCUT2D eigenvalue weighted by atomic mass is 28.4. The van der Waals surface area contributed by atoms with Crippen LogP contribution in [0.15, 0.2) is 134 Å². The van der Waals surface area contributed by atoms with Crippen LogP contribution in [0.4, 0.5) is 0 Å². The fourth-order valence-corrected chi connectivity index (χ4v) is 12.1. The Bertz CT molecular complexity index is 3100. The Morgan fingerprint density at radius 2 is 0.889 bits per heavy atom. The van der Waals surface area contributed by atoms with E-state index >= 15 is 0 Å². The number of carbonyl (C=O) groups is 4. The second-order valence-electron chi connectivity index (χ2n) is 27.3. The minimum atomic E-state index is -2.05. The van der Waals surface area contributed by atoms with Crippen LogP contribution in [-0.2, 0) is 41.1 Å². The van der Waals surface area contributed by atoms with Crippen molar-refractivity contribution >= 4 is 40.3 Å². The molecule has 0 spiro atoms. The molecule has 2 fully saturated rings. The molecule has 16 heteroatoms. The van der Waals surface area contributed by atoms with Gasteiger partial charge < -0.3 is 38.0 Å². The number of hydrogen-bond acceptors (Lipinski definition) is 8. The van der Waals surface area contributed by atoms with Crippen LogP contribution in [0.2, 0.25) is 36.3 Å². The second-order valence-corrected chi connectivity index (χ2v) is 36.9. The molecule has 0 bridgehead atoms. The number of imidazole rings is 2. The van der Waals surface area contributed by atoms with E-state index in [0.717, 1.165) is 45.3 Å². The zero-order chi connectivity index (χ0) is 59.5. The molecule has 2 aliphatic heterocycles. The van der Waals surface area contributed by atoms with E-state index < -0.39 is 63.2 Å². The van der Waals surface area contributed by atoms with Crippen molar-refractivity contribution in [2.45, 2.75) is 157 Å². The number of aromatic nitrogens is 4. The highest BCUT2D eigenvalue weighted by molar-refractivity contribution is 6.74. The Balaban J connectivity index is 0.000000234. The summed E-state index contributed by atoms with van der Waals surface area (Å²) in [6.45, 7) is 37.4. The summed E-state index contributed by atoms with van der Waals surface area (Å²) in [6.07, 6.45) is 4.12. The van der Waals surface area contributed by atoms with E-state index in [0.29, 0.717) is 39.4 Å². The van der Waals surface area contributed by atoms with Crippen molar-refractivity contribution in [3.05, 3.63) is 156 Å². The van der Waals surface area contributed by atoms with Gasteiger partial charge in [0.15, 0.2) is 16.6 Å². The number of nitrogens with zero attached hydrogens (tertiary/aromatic N) is 7. The van der Waals surface area contributed by atoms with Gasteiger partial charge in [-0.1, -0.05) is 204 Å². The van der Waals surface area contributed by atoms with Crippen LogP contribution in [0.5, 0.6) is 0 Å². The first-order valence-corrected chi connectivity index (χ1v) is 34.4. The van der Waals surface area contributed by atoms with Gasteiger partial charge >= 0.3 is 23.6 Å². The average Bonchev–Trinajstić information content (AvgIpc) is 4.13. The third-order valence-corrected chi connectivity index (χ3v) is 25.7. The Hall–Kier alpha value is -6.47. The van der Waals surface area contributed by atoms with E-state index in [4.69, 9.17) is 18.8 Å². The number of piperazine rings is 2. The summed E-state index contributed by atoms with van der Waals surface area (Å²) in [4.78, 5) is 69.0. The van der Waals surface area contributed by atoms with Gasteiger partial charge in [-0.15, -0.1) is 0 Å². The molecule has 0 unspecified atom stereocenters. The van der Waals surface area contributed by atoms with Gasteiger partial charge in [0.05, 0.1) is 48.8 Å². The quantitative estimate of drug-likeness (QED) is 0.0745. The number of likely N-dealkylation sites (N-methyl/N-ethyl adjacent to an activating group) is 1. The summed E-state index contributed by atoms with van der Waals surface area (Å²) in [6, 6.07) is 39.2. The van der Waals surface area contributed by atoms with Gasteiger partial charge in [-0.25, -0.2) is 9.97 Å². The molecule has 4 heterocycles. The standard InChI is InChI=1S/C33H46N4O3Si.C32H44N4O3Si/c1-32(2,3)28(37-21-26(35(7)30(38)31(37)39)23-40-41(8,9)33(4,5)6)29-34-27(25-18-14-11-15-19-25)22-36(29)20-24-16-12-10-13-17-24;1-31(2,3)27(36-20-25(33-29(37)30(36)38)22-39-40(7,8)32(4,5)6)28-34-26(24-17-13-10-14-18-24)21-35(28)19-23-15-11-9-12-16-23/h10-19,22,26,28H,20-21,23H2,1-9H3;9-18,21,25,27H,19-20,22H2,1-8H3,(H,33,37)/t26-,28-;25-,27-/m00/s1. The van der Waals surface area contributed by atoms with Crippen LogP contribution in [0, 0.1) is 10.8 Å². The highest BCUT2D eigenvalue weighted by Gasteiger charge is 2.48. The molecule has 4 amide bonds. The third kappa shape index (κ3) is 14.8. The average molecular weight is 1140 g/mol. The minimum Gasteiger partial charge on any atom is -0.415 e. The van der Waals surface area contributed by atoms with E-state index in [9.17, 15) is 19.2 Å². The van der Waals surface area contributed by atoms with Gasteiger partial charge in [0.1, 0.15) is 11.6 Å². The van der Waals surface area contributed by atoms with E-state index in [1.54, 1.807) is 21.7 Å². The third-order valence-electron chi connectivity index (χ3n) is 16.7. The maximum Gasteiger partial charge on any atom is 0.312 e. The number of nitrogens with one attached hydrogen (secondary N) is 1. The summed E-state index contributed by atoms with van der Waals surface area (Å²) in [7, 11) is -2.37. The van der Waals surface area contributed by atoms with Crippen LogP contribution in [0.1, 0.15) is 118 Å². The van der Waals surface area contributed by atoms with Crippen molar-refractivity contribution in [1.29, 1.82) is 0 Å². The molecule has 0 aliphatic carbocycles. The molecule has 81 heavy (non-hydrogen) atoms. The molecule has 2 aliphatic rings. The van der Waals surface area contributed by atoms with Gasteiger partial charge in [0.25, 0.3) is 0 Å². The molecule has 1 N–H and O–H groups in total. The first-order chi connectivity index (χ1) is 37.8. The van der Waals surface area contributed by atoms with Crippen molar-refractivity contribution in [3.8, 4) is 22.5 Å². The van der Waals surface area contributed by atoms with Crippen molar-refractivity contribution in [2.24, 2.45) is 10.8 Å². The second kappa shape index (κ2) is 24.5. The molecular formula is C65H90N8O6Si2. The maximum absolute atomic E-state index is 13.7. The van der Waals surface area contributed by atoms with Crippen LogP contribution >= 0.6 is 0 Å². The van der Waals surface area contributed by atoms with Gasteiger partial charge in [-0.3, -0.25) is 19.2 Å². The Morgan fingerprint density at radius 1 is 0.519 bits per heavy atom. The van der Waals surface area contributed by atoms with Crippen LogP contribution < -0.4 is 5.32 Å². The van der Waals surface area contributed by atoms with Gasteiger partial charge in [0.2, 0.25) is 0 Å². The first-order valence-electron chi connectivity index (χ1n) is 28.6. The number of amides is 4. The summed E-state index contributed by atoms with van der Waals surface area (Å²) < 4.78 is 17.3. The van der Waals surface area contributed by atoms with Crippen molar-refractivity contribution in [2.75, 3.05) is 33.4 Å². The zero-order valence-corrected chi connectivity index (χ0v) is 53.3. The number of benzene rings is 4. The van der Waals surface area contributed by atoms with Gasteiger partial charge in [0, 0.05) is 56.7 Å².